The summed E-state index contributed by atoms with van der Waals surface area (Å²) in [5.41, 5.74) is 1.26. The Kier molecular flexibility index (Phi) is 4.43. The maximum absolute atomic E-state index is 5.93. The third-order valence-corrected chi connectivity index (χ3v) is 3.68. The van der Waals surface area contributed by atoms with Gasteiger partial charge in [0.05, 0.1) is 12.1 Å². The van der Waals surface area contributed by atoms with Crippen molar-refractivity contribution < 1.29 is 4.74 Å². The Hall–Kier alpha value is -0.570. The van der Waals surface area contributed by atoms with Crippen molar-refractivity contribution in [3.8, 4) is 0 Å². The highest BCUT2D eigenvalue weighted by molar-refractivity contribution is 6.30. The maximum atomic E-state index is 5.93. The lowest BCUT2D eigenvalue weighted by atomic mass is 9.92. The first-order valence-electron chi connectivity index (χ1n) is 6.33. The SMILES string of the molecule is CCNC(c1ccc(Cl)cc1)C1OCCC1C. The molecule has 3 heteroatoms. The Bertz CT molecular complexity index is 352. The zero-order valence-corrected chi connectivity index (χ0v) is 11.2. The lowest BCUT2D eigenvalue weighted by Crippen LogP contribution is -2.34. The topological polar surface area (TPSA) is 21.3 Å². The zero-order chi connectivity index (χ0) is 12.3. The molecule has 1 fully saturated rings. The molecule has 0 aliphatic carbocycles. The average Bonchev–Trinajstić information content (AvgIpc) is 2.74. The summed E-state index contributed by atoms with van der Waals surface area (Å²) < 4.78 is 5.87. The Labute approximate surface area is 108 Å². The molecule has 17 heavy (non-hydrogen) atoms. The number of rotatable bonds is 4. The van der Waals surface area contributed by atoms with E-state index in [0.29, 0.717) is 5.92 Å². The lowest BCUT2D eigenvalue weighted by Gasteiger charge is -2.27. The van der Waals surface area contributed by atoms with E-state index in [-0.39, 0.29) is 12.1 Å². The zero-order valence-electron chi connectivity index (χ0n) is 10.4. The van der Waals surface area contributed by atoms with Gasteiger partial charge in [-0.25, -0.2) is 0 Å². The van der Waals surface area contributed by atoms with Crippen molar-refractivity contribution in [1.82, 2.24) is 5.32 Å². The van der Waals surface area contributed by atoms with Crippen molar-refractivity contribution in [3.63, 3.8) is 0 Å². The normalized spacial score (nSPS) is 26.1. The molecule has 94 valence electrons. The summed E-state index contributed by atoms with van der Waals surface area (Å²) in [4.78, 5) is 0. The van der Waals surface area contributed by atoms with E-state index in [1.54, 1.807) is 0 Å². The average molecular weight is 254 g/mol. The summed E-state index contributed by atoms with van der Waals surface area (Å²) >= 11 is 5.93. The first kappa shape index (κ1) is 12.9. The first-order chi connectivity index (χ1) is 8.22. The van der Waals surface area contributed by atoms with Crippen molar-refractivity contribution in [3.05, 3.63) is 34.9 Å². The van der Waals surface area contributed by atoms with Crippen LogP contribution in [0.4, 0.5) is 0 Å². The summed E-state index contributed by atoms with van der Waals surface area (Å²) in [5.74, 6) is 0.606. The molecule has 3 unspecified atom stereocenters. The second-order valence-electron chi connectivity index (χ2n) is 4.69. The molecular formula is C14H20ClNO. The van der Waals surface area contributed by atoms with Crippen LogP contribution in [0.1, 0.15) is 31.9 Å². The van der Waals surface area contributed by atoms with Gasteiger partial charge in [-0.3, -0.25) is 0 Å². The van der Waals surface area contributed by atoms with Gasteiger partial charge in [-0.1, -0.05) is 37.6 Å². The van der Waals surface area contributed by atoms with Gasteiger partial charge >= 0.3 is 0 Å². The highest BCUT2D eigenvalue weighted by Gasteiger charge is 2.32. The fourth-order valence-corrected chi connectivity index (χ4v) is 2.58. The van der Waals surface area contributed by atoms with Crippen molar-refractivity contribution >= 4 is 11.6 Å². The van der Waals surface area contributed by atoms with Crippen molar-refractivity contribution in [2.24, 2.45) is 5.92 Å². The Morgan fingerprint density at radius 2 is 2.12 bits per heavy atom. The van der Waals surface area contributed by atoms with E-state index >= 15 is 0 Å². The summed E-state index contributed by atoms with van der Waals surface area (Å²) in [7, 11) is 0. The molecule has 1 aliphatic heterocycles. The molecule has 1 aliphatic rings. The molecule has 0 saturated carbocycles. The number of halogens is 1. The standard InChI is InChI=1S/C14H20ClNO/c1-3-16-13(14-10(2)8-9-17-14)11-4-6-12(15)7-5-11/h4-7,10,13-14,16H,3,8-9H2,1-2H3. The minimum atomic E-state index is 0.273. The van der Waals surface area contributed by atoms with Crippen LogP contribution in [0.15, 0.2) is 24.3 Å². The molecular weight excluding hydrogens is 234 g/mol. The van der Waals surface area contributed by atoms with Crippen LogP contribution in [-0.2, 0) is 4.74 Å². The van der Waals surface area contributed by atoms with Crippen molar-refractivity contribution in [2.75, 3.05) is 13.2 Å². The summed E-state index contributed by atoms with van der Waals surface area (Å²) in [6.45, 7) is 6.21. The van der Waals surface area contributed by atoms with E-state index in [0.717, 1.165) is 24.6 Å². The maximum Gasteiger partial charge on any atom is 0.0795 e. The van der Waals surface area contributed by atoms with Crippen LogP contribution in [0.5, 0.6) is 0 Å². The number of ether oxygens (including phenoxy) is 1. The van der Waals surface area contributed by atoms with E-state index in [2.05, 4.69) is 31.3 Å². The Morgan fingerprint density at radius 3 is 2.65 bits per heavy atom. The Morgan fingerprint density at radius 1 is 1.41 bits per heavy atom. The molecule has 1 N–H and O–H groups in total. The highest BCUT2D eigenvalue weighted by Crippen LogP contribution is 2.31. The van der Waals surface area contributed by atoms with Gasteiger partial charge in [0.2, 0.25) is 0 Å². The number of nitrogens with one attached hydrogen (secondary N) is 1. The predicted octanol–water partition coefficient (Wildman–Crippen LogP) is 3.42. The van der Waals surface area contributed by atoms with Crippen molar-refractivity contribution in [1.29, 1.82) is 0 Å². The van der Waals surface area contributed by atoms with Crippen LogP contribution < -0.4 is 5.32 Å². The van der Waals surface area contributed by atoms with Gasteiger partial charge in [-0.2, -0.15) is 0 Å². The summed E-state index contributed by atoms with van der Waals surface area (Å²) in [6, 6.07) is 8.34. The number of likely N-dealkylation sites (N-methyl/N-ethyl adjacent to an activating group) is 1. The highest BCUT2D eigenvalue weighted by atomic mass is 35.5. The molecule has 0 bridgehead atoms. The molecule has 3 atom stereocenters. The van der Waals surface area contributed by atoms with Crippen LogP contribution in [0.25, 0.3) is 0 Å². The molecule has 2 nitrogen and oxygen atoms in total. The van der Waals surface area contributed by atoms with E-state index in [1.807, 2.05) is 12.1 Å². The molecule has 1 aromatic carbocycles. The third kappa shape index (κ3) is 3.01. The molecule has 1 aromatic rings. The molecule has 1 saturated heterocycles. The molecule has 0 aromatic heterocycles. The molecule has 0 spiro atoms. The monoisotopic (exact) mass is 253 g/mol. The van der Waals surface area contributed by atoms with E-state index in [1.165, 1.54) is 5.56 Å². The van der Waals surface area contributed by atoms with Crippen LogP contribution in [0.2, 0.25) is 5.02 Å². The Balaban J connectivity index is 2.18. The van der Waals surface area contributed by atoms with Gasteiger partial charge in [0.1, 0.15) is 0 Å². The number of hydrogen-bond acceptors (Lipinski definition) is 2. The quantitative estimate of drug-likeness (QED) is 0.888. The van der Waals surface area contributed by atoms with E-state index in [9.17, 15) is 0 Å². The van der Waals surface area contributed by atoms with Crippen LogP contribution >= 0.6 is 11.6 Å². The lowest BCUT2D eigenvalue weighted by molar-refractivity contribution is 0.0612. The minimum absolute atomic E-state index is 0.273. The fraction of sp³-hybridized carbons (Fsp3) is 0.571. The van der Waals surface area contributed by atoms with E-state index in [4.69, 9.17) is 16.3 Å². The third-order valence-electron chi connectivity index (χ3n) is 3.43. The van der Waals surface area contributed by atoms with Gasteiger partial charge in [0.15, 0.2) is 0 Å². The molecule has 1 heterocycles. The van der Waals surface area contributed by atoms with Gasteiger partial charge in [-0.05, 0) is 36.6 Å². The number of hydrogen-bond donors (Lipinski definition) is 1. The first-order valence-corrected chi connectivity index (χ1v) is 6.70. The summed E-state index contributed by atoms with van der Waals surface area (Å²) in [6.07, 6.45) is 1.43. The fourth-order valence-electron chi connectivity index (χ4n) is 2.46. The van der Waals surface area contributed by atoms with Crippen LogP contribution in [0, 0.1) is 5.92 Å². The van der Waals surface area contributed by atoms with Crippen molar-refractivity contribution in [2.45, 2.75) is 32.4 Å². The summed E-state index contributed by atoms with van der Waals surface area (Å²) in [5, 5.41) is 4.30. The molecule has 2 rings (SSSR count). The number of benzene rings is 1. The van der Waals surface area contributed by atoms with Gasteiger partial charge < -0.3 is 10.1 Å². The van der Waals surface area contributed by atoms with E-state index < -0.39 is 0 Å². The van der Waals surface area contributed by atoms with Gasteiger partial charge in [0, 0.05) is 11.6 Å². The molecule has 0 amide bonds. The molecule has 0 radical (unpaired) electrons. The van der Waals surface area contributed by atoms with Crippen LogP contribution in [-0.4, -0.2) is 19.3 Å². The second-order valence-corrected chi connectivity index (χ2v) is 5.12. The van der Waals surface area contributed by atoms with Gasteiger partial charge in [0.25, 0.3) is 0 Å². The minimum Gasteiger partial charge on any atom is -0.376 e. The smallest absolute Gasteiger partial charge is 0.0795 e. The second kappa shape index (κ2) is 5.85. The predicted molar refractivity (Wildman–Crippen MR) is 71.4 cm³/mol. The van der Waals surface area contributed by atoms with Crippen LogP contribution in [0.3, 0.4) is 0 Å². The van der Waals surface area contributed by atoms with Gasteiger partial charge in [-0.15, -0.1) is 0 Å². The largest absolute Gasteiger partial charge is 0.376 e.